The molecule has 2 bridgehead atoms. The van der Waals surface area contributed by atoms with Gasteiger partial charge in [-0.25, -0.2) is 0 Å². The van der Waals surface area contributed by atoms with Crippen LogP contribution in [-0.2, 0) is 0 Å². The topological polar surface area (TPSA) is 24.3 Å². The molecule has 5 heterocycles. The Morgan fingerprint density at radius 2 is 1.78 bits per heavy atom. The maximum Gasteiger partial charge on any atom is 0.0707 e. The van der Waals surface area contributed by atoms with Crippen molar-refractivity contribution in [1.82, 2.24) is 14.7 Å². The Balaban J connectivity index is 1.51. The van der Waals surface area contributed by atoms with Gasteiger partial charge in [0.15, 0.2) is 0 Å². The monoisotopic (exact) mass is 310 g/mol. The number of aromatic nitrogens is 2. The van der Waals surface area contributed by atoms with Crippen LogP contribution in [0.1, 0.15) is 38.1 Å². The van der Waals surface area contributed by atoms with Gasteiger partial charge in [-0.3, -0.25) is 4.68 Å². The third-order valence-electron chi connectivity index (χ3n) is 6.24. The van der Waals surface area contributed by atoms with Gasteiger partial charge in [0.25, 0.3) is 0 Å². The van der Waals surface area contributed by atoms with Gasteiger partial charge >= 0.3 is 0 Å². The standard InChI is InChI=1S/C19H26N4/c1-2-8-22(9-3-1)17-5-4-16-13-20-23(18(16)12-17)19-14-21-10-6-15(19)7-11-21/h4-5,12-13,15,19H,1-3,6-11,14H2/t19-/m1/s1. The van der Waals surface area contributed by atoms with Gasteiger partial charge in [-0.05, 0) is 69.3 Å². The number of hydrogen-bond acceptors (Lipinski definition) is 3. The van der Waals surface area contributed by atoms with Gasteiger partial charge in [0.2, 0.25) is 0 Å². The van der Waals surface area contributed by atoms with Crippen molar-refractivity contribution in [2.45, 2.75) is 38.1 Å². The highest BCUT2D eigenvalue weighted by Gasteiger charge is 2.36. The van der Waals surface area contributed by atoms with Crippen LogP contribution in [-0.4, -0.2) is 47.4 Å². The van der Waals surface area contributed by atoms with E-state index in [9.17, 15) is 0 Å². The van der Waals surface area contributed by atoms with Gasteiger partial charge < -0.3 is 9.80 Å². The molecule has 0 N–H and O–H groups in total. The van der Waals surface area contributed by atoms with Gasteiger partial charge in [0.05, 0.1) is 17.8 Å². The lowest BCUT2D eigenvalue weighted by atomic mass is 9.84. The summed E-state index contributed by atoms with van der Waals surface area (Å²) in [7, 11) is 0. The van der Waals surface area contributed by atoms with Crippen LogP contribution in [0.15, 0.2) is 24.4 Å². The second-order valence-corrected chi connectivity index (χ2v) is 7.59. The summed E-state index contributed by atoms with van der Waals surface area (Å²) < 4.78 is 2.35. The minimum absolute atomic E-state index is 0.576. The highest BCUT2D eigenvalue weighted by Crippen LogP contribution is 2.37. The maximum atomic E-state index is 4.80. The van der Waals surface area contributed by atoms with E-state index in [1.54, 1.807) is 0 Å². The van der Waals surface area contributed by atoms with Crippen molar-refractivity contribution in [1.29, 1.82) is 0 Å². The summed E-state index contributed by atoms with van der Waals surface area (Å²) in [5, 5.41) is 6.09. The number of rotatable bonds is 2. The summed E-state index contributed by atoms with van der Waals surface area (Å²) in [6, 6.07) is 7.53. The molecule has 0 spiro atoms. The molecular weight excluding hydrogens is 284 g/mol. The lowest BCUT2D eigenvalue weighted by molar-refractivity contribution is 0.0534. The molecule has 4 fully saturated rings. The van der Waals surface area contributed by atoms with Crippen molar-refractivity contribution in [2.75, 3.05) is 37.6 Å². The third-order valence-corrected chi connectivity index (χ3v) is 6.24. The van der Waals surface area contributed by atoms with E-state index >= 15 is 0 Å². The van der Waals surface area contributed by atoms with E-state index < -0.39 is 0 Å². The Morgan fingerprint density at radius 1 is 0.957 bits per heavy atom. The van der Waals surface area contributed by atoms with Crippen LogP contribution in [0.5, 0.6) is 0 Å². The van der Waals surface area contributed by atoms with E-state index in [4.69, 9.17) is 5.10 Å². The van der Waals surface area contributed by atoms with Crippen LogP contribution in [0.4, 0.5) is 5.69 Å². The van der Waals surface area contributed by atoms with Gasteiger partial charge in [0, 0.05) is 30.7 Å². The zero-order chi connectivity index (χ0) is 15.2. The molecule has 4 saturated heterocycles. The molecule has 1 aromatic carbocycles. The zero-order valence-electron chi connectivity index (χ0n) is 13.8. The van der Waals surface area contributed by atoms with Gasteiger partial charge in [0.1, 0.15) is 0 Å². The molecule has 4 aliphatic rings. The van der Waals surface area contributed by atoms with Crippen molar-refractivity contribution >= 4 is 16.6 Å². The minimum Gasteiger partial charge on any atom is -0.371 e. The molecule has 4 aliphatic heterocycles. The molecule has 4 nitrogen and oxygen atoms in total. The Morgan fingerprint density at radius 3 is 2.52 bits per heavy atom. The number of fused-ring (bicyclic) bond motifs is 4. The van der Waals surface area contributed by atoms with Crippen LogP contribution in [0, 0.1) is 5.92 Å². The highest BCUT2D eigenvalue weighted by atomic mass is 15.3. The largest absolute Gasteiger partial charge is 0.371 e. The van der Waals surface area contributed by atoms with Crippen molar-refractivity contribution in [3.05, 3.63) is 24.4 Å². The molecule has 122 valence electrons. The molecule has 0 amide bonds. The van der Waals surface area contributed by atoms with Crippen molar-refractivity contribution in [2.24, 2.45) is 5.92 Å². The fraction of sp³-hybridized carbons (Fsp3) is 0.632. The second kappa shape index (κ2) is 5.52. The highest BCUT2D eigenvalue weighted by molar-refractivity contribution is 5.82. The molecular formula is C19H26N4. The third kappa shape index (κ3) is 2.35. The fourth-order valence-corrected chi connectivity index (χ4v) is 4.85. The maximum absolute atomic E-state index is 4.80. The normalized spacial score (nSPS) is 31.0. The SMILES string of the molecule is c1cc2cnn([C@@H]3CN4CCC3CC4)c2cc1N1CCCCC1. The predicted molar refractivity (Wildman–Crippen MR) is 94.0 cm³/mol. The summed E-state index contributed by atoms with van der Waals surface area (Å²) in [4.78, 5) is 5.17. The molecule has 0 aliphatic carbocycles. The van der Waals surface area contributed by atoms with Gasteiger partial charge in [-0.1, -0.05) is 0 Å². The van der Waals surface area contributed by atoms with E-state index in [-0.39, 0.29) is 0 Å². The molecule has 1 aromatic heterocycles. The average molecular weight is 310 g/mol. The van der Waals surface area contributed by atoms with Crippen LogP contribution in [0.3, 0.4) is 0 Å². The Hall–Kier alpha value is -1.55. The van der Waals surface area contributed by atoms with Crippen LogP contribution in [0.25, 0.3) is 10.9 Å². The summed E-state index contributed by atoms with van der Waals surface area (Å²) in [5.41, 5.74) is 2.73. The second-order valence-electron chi connectivity index (χ2n) is 7.59. The van der Waals surface area contributed by atoms with Crippen molar-refractivity contribution in [3.63, 3.8) is 0 Å². The summed E-state index contributed by atoms with van der Waals surface area (Å²) >= 11 is 0. The summed E-state index contributed by atoms with van der Waals surface area (Å²) in [6.07, 6.45) is 8.80. The van der Waals surface area contributed by atoms with Crippen LogP contribution >= 0.6 is 0 Å². The number of anilines is 1. The molecule has 1 atom stereocenters. The Bertz CT molecular complexity index is 692. The predicted octanol–water partition coefficient (Wildman–Crippen LogP) is 3.29. The molecule has 23 heavy (non-hydrogen) atoms. The minimum atomic E-state index is 0.576. The van der Waals surface area contributed by atoms with Gasteiger partial charge in [-0.2, -0.15) is 5.10 Å². The molecule has 0 radical (unpaired) electrons. The number of nitrogens with zero attached hydrogens (tertiary/aromatic N) is 4. The molecule has 0 unspecified atom stereocenters. The molecule has 6 rings (SSSR count). The first kappa shape index (κ1) is 13.8. The van der Waals surface area contributed by atoms with Crippen LogP contribution < -0.4 is 4.90 Å². The van der Waals surface area contributed by atoms with E-state index in [1.807, 2.05) is 0 Å². The first-order chi connectivity index (χ1) is 11.4. The van der Waals surface area contributed by atoms with Crippen molar-refractivity contribution < 1.29 is 0 Å². The Labute approximate surface area is 138 Å². The lowest BCUT2D eigenvalue weighted by Gasteiger charge is -2.44. The smallest absolute Gasteiger partial charge is 0.0707 e. The first-order valence-corrected chi connectivity index (χ1v) is 9.33. The zero-order valence-corrected chi connectivity index (χ0v) is 13.8. The summed E-state index contributed by atoms with van der Waals surface area (Å²) in [5.74, 6) is 0.821. The Kier molecular flexibility index (Phi) is 3.32. The fourth-order valence-electron chi connectivity index (χ4n) is 4.85. The summed E-state index contributed by atoms with van der Waals surface area (Å²) in [6.45, 7) is 6.19. The quantitative estimate of drug-likeness (QED) is 0.850. The molecule has 2 aromatic rings. The lowest BCUT2D eigenvalue weighted by Crippen LogP contribution is -2.48. The van der Waals surface area contributed by atoms with E-state index in [2.05, 4.69) is 38.9 Å². The number of benzene rings is 1. The molecule has 0 saturated carbocycles. The van der Waals surface area contributed by atoms with E-state index in [0.717, 1.165) is 5.92 Å². The van der Waals surface area contributed by atoms with E-state index in [1.165, 1.54) is 81.4 Å². The number of hydrogen-bond donors (Lipinski definition) is 0. The molecule has 4 heteroatoms. The number of piperidine rings is 4. The van der Waals surface area contributed by atoms with Crippen molar-refractivity contribution in [3.8, 4) is 0 Å². The van der Waals surface area contributed by atoms with E-state index in [0.29, 0.717) is 6.04 Å². The first-order valence-electron chi connectivity index (χ1n) is 9.33. The van der Waals surface area contributed by atoms with Crippen LogP contribution in [0.2, 0.25) is 0 Å². The average Bonchev–Trinajstić information content (AvgIpc) is 3.06. The van der Waals surface area contributed by atoms with Gasteiger partial charge in [-0.15, -0.1) is 0 Å².